The molecule has 1 nitrogen and oxygen atoms in total. The highest BCUT2D eigenvalue weighted by Crippen LogP contribution is 2.19. The Labute approximate surface area is 106 Å². The molecule has 0 heterocycles. The fourth-order valence-corrected chi connectivity index (χ4v) is 1.59. The van der Waals surface area contributed by atoms with Crippen molar-refractivity contribution in [1.82, 2.24) is 0 Å². The van der Waals surface area contributed by atoms with E-state index in [4.69, 9.17) is 0 Å². The van der Waals surface area contributed by atoms with Crippen LogP contribution in [-0.2, 0) is 0 Å². The first-order chi connectivity index (χ1) is 8.91. The molecule has 0 saturated carbocycles. The van der Waals surface area contributed by atoms with Gasteiger partial charge < -0.3 is 0 Å². The lowest BCUT2D eigenvalue weighted by molar-refractivity contribution is 0.103. The molecule has 0 saturated heterocycles. The fourth-order valence-electron chi connectivity index (χ4n) is 1.59. The fraction of sp³-hybridized carbons (Fsp3) is 0.0714. The second-order valence-electron chi connectivity index (χ2n) is 4.02. The highest BCUT2D eigenvalue weighted by Gasteiger charge is 2.20. The third kappa shape index (κ3) is 2.36. The third-order valence-corrected chi connectivity index (χ3v) is 2.71. The van der Waals surface area contributed by atoms with Crippen LogP contribution in [0.15, 0.2) is 30.3 Å². The van der Waals surface area contributed by atoms with E-state index in [1.165, 1.54) is 19.1 Å². The van der Waals surface area contributed by atoms with Crippen LogP contribution in [0.5, 0.6) is 0 Å². The van der Waals surface area contributed by atoms with Crippen molar-refractivity contribution < 1.29 is 22.4 Å². The Morgan fingerprint density at radius 2 is 1.58 bits per heavy atom. The van der Waals surface area contributed by atoms with Crippen LogP contribution in [-0.4, -0.2) is 5.78 Å². The Morgan fingerprint density at radius 3 is 2.21 bits per heavy atom. The van der Waals surface area contributed by atoms with Gasteiger partial charge in [-0.2, -0.15) is 0 Å². The van der Waals surface area contributed by atoms with E-state index >= 15 is 0 Å². The lowest BCUT2D eigenvalue weighted by Crippen LogP contribution is -2.07. The molecule has 0 fully saturated rings. The first-order valence-electron chi connectivity index (χ1n) is 5.36. The average Bonchev–Trinajstić information content (AvgIpc) is 2.39. The normalized spacial score (nSPS) is 10.6. The molecular formula is C14H8F4O. The van der Waals surface area contributed by atoms with Gasteiger partial charge in [-0.05, 0) is 30.7 Å². The van der Waals surface area contributed by atoms with E-state index < -0.39 is 34.6 Å². The summed E-state index contributed by atoms with van der Waals surface area (Å²) in [7, 11) is 0. The number of carbonyl (C=O) groups excluding carboxylic acids is 1. The Balaban J connectivity index is 2.50. The van der Waals surface area contributed by atoms with Gasteiger partial charge in [-0.15, -0.1) is 0 Å². The quantitative estimate of drug-likeness (QED) is 0.460. The van der Waals surface area contributed by atoms with Crippen LogP contribution in [0.1, 0.15) is 21.5 Å². The first kappa shape index (κ1) is 13.3. The van der Waals surface area contributed by atoms with Crippen molar-refractivity contribution >= 4 is 5.78 Å². The summed E-state index contributed by atoms with van der Waals surface area (Å²) in [5, 5.41) is 0. The summed E-state index contributed by atoms with van der Waals surface area (Å²) < 4.78 is 52.6. The van der Waals surface area contributed by atoms with Gasteiger partial charge in [0.05, 0.1) is 5.56 Å². The smallest absolute Gasteiger partial charge is 0.196 e. The molecule has 2 rings (SSSR count). The molecule has 0 aliphatic rings. The molecule has 5 heteroatoms. The van der Waals surface area contributed by atoms with Crippen molar-refractivity contribution in [1.29, 1.82) is 0 Å². The van der Waals surface area contributed by atoms with Crippen molar-refractivity contribution in [3.05, 3.63) is 70.3 Å². The summed E-state index contributed by atoms with van der Waals surface area (Å²) >= 11 is 0. The molecule has 0 atom stereocenters. The lowest BCUT2D eigenvalue weighted by Gasteiger charge is -2.05. The van der Waals surface area contributed by atoms with Crippen LogP contribution in [0.2, 0.25) is 0 Å². The van der Waals surface area contributed by atoms with E-state index in [0.717, 1.165) is 12.1 Å². The van der Waals surface area contributed by atoms with Crippen LogP contribution in [0.25, 0.3) is 0 Å². The average molecular weight is 268 g/mol. The summed E-state index contributed by atoms with van der Waals surface area (Å²) in [4.78, 5) is 11.9. The molecule has 2 aromatic rings. The molecule has 19 heavy (non-hydrogen) atoms. The van der Waals surface area contributed by atoms with Gasteiger partial charge in [0.25, 0.3) is 0 Å². The number of halogens is 4. The molecule has 0 radical (unpaired) electrons. The monoisotopic (exact) mass is 268 g/mol. The summed E-state index contributed by atoms with van der Waals surface area (Å²) in [6, 6.07) is 5.05. The van der Waals surface area contributed by atoms with Crippen LogP contribution in [0.4, 0.5) is 17.6 Å². The molecule has 0 aliphatic heterocycles. The molecule has 0 unspecified atom stereocenters. The molecule has 98 valence electrons. The number of hydrogen-bond acceptors (Lipinski definition) is 1. The summed E-state index contributed by atoms with van der Waals surface area (Å²) in [6.07, 6.45) is 0. The van der Waals surface area contributed by atoms with Crippen molar-refractivity contribution in [2.24, 2.45) is 0 Å². The van der Waals surface area contributed by atoms with E-state index in [-0.39, 0.29) is 5.56 Å². The zero-order chi connectivity index (χ0) is 14.2. The van der Waals surface area contributed by atoms with Gasteiger partial charge in [0, 0.05) is 5.56 Å². The van der Waals surface area contributed by atoms with E-state index in [2.05, 4.69) is 0 Å². The minimum Gasteiger partial charge on any atom is -0.288 e. The Morgan fingerprint density at radius 1 is 0.895 bits per heavy atom. The van der Waals surface area contributed by atoms with Gasteiger partial charge in [0.2, 0.25) is 0 Å². The number of carbonyl (C=O) groups is 1. The summed E-state index contributed by atoms with van der Waals surface area (Å²) in [6.45, 7) is 1.50. The molecular weight excluding hydrogens is 260 g/mol. The maximum Gasteiger partial charge on any atom is 0.196 e. The molecule has 0 amide bonds. The van der Waals surface area contributed by atoms with E-state index in [1.807, 2.05) is 0 Å². The van der Waals surface area contributed by atoms with Gasteiger partial charge in [-0.25, -0.2) is 17.6 Å². The zero-order valence-electron chi connectivity index (χ0n) is 9.81. The second-order valence-corrected chi connectivity index (χ2v) is 4.02. The van der Waals surface area contributed by atoms with Gasteiger partial charge in [-0.3, -0.25) is 4.79 Å². The van der Waals surface area contributed by atoms with Gasteiger partial charge >= 0.3 is 0 Å². The largest absolute Gasteiger partial charge is 0.288 e. The maximum absolute atomic E-state index is 13.4. The molecule has 0 N–H and O–H groups in total. The standard InChI is InChI=1S/C14H8F4O/c1-7-2-3-8(6-11(7)16)14(19)9-4-5-10(15)13(18)12(9)17/h2-6H,1H3. The minimum atomic E-state index is -1.72. The highest BCUT2D eigenvalue weighted by molar-refractivity contribution is 6.09. The molecule has 0 bridgehead atoms. The predicted octanol–water partition coefficient (Wildman–Crippen LogP) is 3.78. The molecule has 0 aromatic heterocycles. The van der Waals surface area contributed by atoms with Crippen LogP contribution < -0.4 is 0 Å². The second kappa shape index (κ2) is 4.84. The Hall–Kier alpha value is -2.17. The molecule has 0 spiro atoms. The topological polar surface area (TPSA) is 17.1 Å². The van der Waals surface area contributed by atoms with Gasteiger partial charge in [-0.1, -0.05) is 12.1 Å². The Bertz CT molecular complexity index is 665. The maximum atomic E-state index is 13.4. The van der Waals surface area contributed by atoms with E-state index in [0.29, 0.717) is 11.6 Å². The van der Waals surface area contributed by atoms with Crippen LogP contribution >= 0.6 is 0 Å². The minimum absolute atomic E-state index is 0.131. The number of hydrogen-bond donors (Lipinski definition) is 0. The third-order valence-electron chi connectivity index (χ3n) is 2.71. The first-order valence-corrected chi connectivity index (χ1v) is 5.36. The van der Waals surface area contributed by atoms with E-state index in [1.54, 1.807) is 0 Å². The number of benzene rings is 2. The van der Waals surface area contributed by atoms with Crippen LogP contribution in [0, 0.1) is 30.2 Å². The van der Waals surface area contributed by atoms with Gasteiger partial charge in [0.1, 0.15) is 5.82 Å². The molecule has 2 aromatic carbocycles. The van der Waals surface area contributed by atoms with Crippen molar-refractivity contribution in [2.75, 3.05) is 0 Å². The van der Waals surface area contributed by atoms with Crippen molar-refractivity contribution in [3.8, 4) is 0 Å². The van der Waals surface area contributed by atoms with Gasteiger partial charge in [0.15, 0.2) is 23.2 Å². The van der Waals surface area contributed by atoms with Crippen molar-refractivity contribution in [3.63, 3.8) is 0 Å². The van der Waals surface area contributed by atoms with E-state index in [9.17, 15) is 22.4 Å². The number of aryl methyl sites for hydroxylation is 1. The van der Waals surface area contributed by atoms with Crippen LogP contribution in [0.3, 0.4) is 0 Å². The summed E-state index contributed by atoms with van der Waals surface area (Å²) in [5.74, 6) is -6.22. The Kier molecular flexibility index (Phi) is 3.38. The van der Waals surface area contributed by atoms with Crippen molar-refractivity contribution in [2.45, 2.75) is 6.92 Å². The lowest BCUT2D eigenvalue weighted by atomic mass is 10.0. The highest BCUT2D eigenvalue weighted by atomic mass is 19.2. The summed E-state index contributed by atoms with van der Waals surface area (Å²) in [5.41, 5.74) is -0.447. The number of ketones is 1. The number of rotatable bonds is 2. The molecule has 0 aliphatic carbocycles. The SMILES string of the molecule is Cc1ccc(C(=O)c2ccc(F)c(F)c2F)cc1F. The zero-order valence-corrected chi connectivity index (χ0v) is 9.81. The predicted molar refractivity (Wildman–Crippen MR) is 60.9 cm³/mol.